The van der Waals surface area contributed by atoms with E-state index in [2.05, 4.69) is 73.7 Å². The number of benzene rings is 2. The zero-order valence-electron chi connectivity index (χ0n) is 13.2. The van der Waals surface area contributed by atoms with E-state index in [4.69, 9.17) is 0 Å². The lowest BCUT2D eigenvalue weighted by Crippen LogP contribution is -2.21. The Morgan fingerprint density at radius 3 is 2.50 bits per heavy atom. The Bertz CT molecular complexity index is 749. The highest BCUT2D eigenvalue weighted by Crippen LogP contribution is 2.45. The maximum atomic E-state index is 2.40. The summed E-state index contributed by atoms with van der Waals surface area (Å²) in [4.78, 5) is 0. The van der Waals surface area contributed by atoms with E-state index in [9.17, 15) is 0 Å². The molecule has 0 aromatic heterocycles. The fraction of sp³-hybridized carbons (Fsp3) is 0.273. The average Bonchev–Trinajstić information content (AvgIpc) is 3.18. The van der Waals surface area contributed by atoms with Crippen LogP contribution in [0.1, 0.15) is 42.9 Å². The second-order valence-corrected chi connectivity index (χ2v) is 6.53. The highest BCUT2D eigenvalue weighted by molar-refractivity contribution is 5.78. The normalized spacial score (nSPS) is 16.8. The van der Waals surface area contributed by atoms with Gasteiger partial charge in [-0.2, -0.15) is 0 Å². The standard InChI is InChI=1S/C22H22/c1-2-3-13-22(14-6-7-15-22)21-12-8-11-19-18-10-5-4-9-17(18)16-20(19)21/h4-12,14-15H,2-3,13,16H2,1H3. The first-order valence-electron chi connectivity index (χ1n) is 8.42. The minimum absolute atomic E-state index is 0.114. The van der Waals surface area contributed by atoms with Crippen molar-refractivity contribution in [2.75, 3.05) is 0 Å². The third-order valence-corrected chi connectivity index (χ3v) is 5.19. The minimum Gasteiger partial charge on any atom is -0.0702 e. The van der Waals surface area contributed by atoms with E-state index in [1.165, 1.54) is 47.1 Å². The van der Waals surface area contributed by atoms with E-state index in [0.29, 0.717) is 0 Å². The van der Waals surface area contributed by atoms with Crippen LogP contribution in [0.2, 0.25) is 0 Å². The molecule has 0 amide bonds. The predicted octanol–water partition coefficient (Wildman–Crippen LogP) is 5.81. The Hall–Kier alpha value is -2.08. The minimum atomic E-state index is 0.114. The molecule has 2 aromatic carbocycles. The summed E-state index contributed by atoms with van der Waals surface area (Å²) >= 11 is 0. The van der Waals surface area contributed by atoms with E-state index in [0.717, 1.165) is 6.42 Å². The molecule has 4 rings (SSSR count). The van der Waals surface area contributed by atoms with Crippen molar-refractivity contribution in [3.8, 4) is 11.1 Å². The van der Waals surface area contributed by atoms with Crippen LogP contribution in [0.5, 0.6) is 0 Å². The summed E-state index contributed by atoms with van der Waals surface area (Å²) in [6.45, 7) is 2.28. The van der Waals surface area contributed by atoms with Crippen LogP contribution in [-0.2, 0) is 11.8 Å². The van der Waals surface area contributed by atoms with Gasteiger partial charge < -0.3 is 0 Å². The van der Waals surface area contributed by atoms with Gasteiger partial charge in [0, 0.05) is 5.41 Å². The molecule has 2 aliphatic carbocycles. The molecule has 0 fully saturated rings. The summed E-state index contributed by atoms with van der Waals surface area (Å²) in [6.07, 6.45) is 14.1. The van der Waals surface area contributed by atoms with Crippen molar-refractivity contribution in [2.45, 2.75) is 38.0 Å². The maximum absolute atomic E-state index is 2.40. The molecule has 0 saturated carbocycles. The molecule has 0 radical (unpaired) electrons. The molecular formula is C22H22. The van der Waals surface area contributed by atoms with Crippen molar-refractivity contribution in [2.24, 2.45) is 0 Å². The second kappa shape index (κ2) is 5.28. The molecule has 0 heteroatoms. The zero-order chi connectivity index (χ0) is 15.0. The van der Waals surface area contributed by atoms with Crippen LogP contribution < -0.4 is 0 Å². The van der Waals surface area contributed by atoms with Gasteiger partial charge >= 0.3 is 0 Å². The summed E-state index contributed by atoms with van der Waals surface area (Å²) in [5.41, 5.74) is 7.51. The van der Waals surface area contributed by atoms with Crippen molar-refractivity contribution in [1.29, 1.82) is 0 Å². The number of allylic oxidation sites excluding steroid dienone is 4. The SMILES string of the molecule is CCCCC1(c2cccc3c2Cc2ccccc2-3)C=CC=C1. The van der Waals surface area contributed by atoms with Gasteiger partial charge in [-0.3, -0.25) is 0 Å². The van der Waals surface area contributed by atoms with Gasteiger partial charge in [0.1, 0.15) is 0 Å². The maximum Gasteiger partial charge on any atom is 0.0321 e. The van der Waals surface area contributed by atoms with Gasteiger partial charge in [0.2, 0.25) is 0 Å². The van der Waals surface area contributed by atoms with E-state index in [-0.39, 0.29) is 5.41 Å². The highest BCUT2D eigenvalue weighted by Gasteiger charge is 2.32. The Labute approximate surface area is 133 Å². The highest BCUT2D eigenvalue weighted by atomic mass is 14.4. The van der Waals surface area contributed by atoms with Crippen LogP contribution in [0.4, 0.5) is 0 Å². The van der Waals surface area contributed by atoms with Gasteiger partial charge in [-0.05, 0) is 40.7 Å². The van der Waals surface area contributed by atoms with Crippen LogP contribution in [0.15, 0.2) is 66.8 Å². The van der Waals surface area contributed by atoms with Gasteiger partial charge in [0.25, 0.3) is 0 Å². The first kappa shape index (κ1) is 13.6. The van der Waals surface area contributed by atoms with Gasteiger partial charge in [-0.25, -0.2) is 0 Å². The van der Waals surface area contributed by atoms with Crippen molar-refractivity contribution >= 4 is 0 Å². The van der Waals surface area contributed by atoms with Crippen molar-refractivity contribution in [1.82, 2.24) is 0 Å². The largest absolute Gasteiger partial charge is 0.0702 e. The lowest BCUT2D eigenvalue weighted by molar-refractivity contribution is 0.563. The van der Waals surface area contributed by atoms with Gasteiger partial charge in [0.15, 0.2) is 0 Å². The fourth-order valence-corrected chi connectivity index (χ4v) is 4.05. The third-order valence-electron chi connectivity index (χ3n) is 5.19. The molecule has 0 nitrogen and oxygen atoms in total. The van der Waals surface area contributed by atoms with E-state index in [1.54, 1.807) is 0 Å². The second-order valence-electron chi connectivity index (χ2n) is 6.53. The van der Waals surface area contributed by atoms with Crippen LogP contribution in [0.3, 0.4) is 0 Å². The molecule has 0 atom stereocenters. The molecule has 2 aromatic rings. The molecular weight excluding hydrogens is 264 g/mol. The van der Waals surface area contributed by atoms with E-state index >= 15 is 0 Å². The van der Waals surface area contributed by atoms with Crippen molar-refractivity contribution in [3.63, 3.8) is 0 Å². The summed E-state index contributed by atoms with van der Waals surface area (Å²) in [7, 11) is 0. The Morgan fingerprint density at radius 2 is 1.68 bits per heavy atom. The lowest BCUT2D eigenvalue weighted by Gasteiger charge is -2.28. The molecule has 0 N–H and O–H groups in total. The Kier molecular flexibility index (Phi) is 3.26. The summed E-state index contributed by atoms with van der Waals surface area (Å²) in [5, 5.41) is 0. The molecule has 22 heavy (non-hydrogen) atoms. The van der Waals surface area contributed by atoms with Gasteiger partial charge in [0.05, 0.1) is 0 Å². The molecule has 0 bridgehead atoms. The van der Waals surface area contributed by atoms with Crippen LogP contribution >= 0.6 is 0 Å². The number of hydrogen-bond donors (Lipinski definition) is 0. The molecule has 0 heterocycles. The number of hydrogen-bond acceptors (Lipinski definition) is 0. The molecule has 110 valence electrons. The first-order valence-corrected chi connectivity index (χ1v) is 8.42. The summed E-state index contributed by atoms with van der Waals surface area (Å²) in [5.74, 6) is 0. The van der Waals surface area contributed by atoms with Crippen LogP contribution in [0, 0.1) is 0 Å². The fourth-order valence-electron chi connectivity index (χ4n) is 4.05. The smallest absolute Gasteiger partial charge is 0.0321 e. The monoisotopic (exact) mass is 286 g/mol. The summed E-state index contributed by atoms with van der Waals surface area (Å²) in [6, 6.07) is 15.7. The third kappa shape index (κ3) is 1.98. The zero-order valence-corrected chi connectivity index (χ0v) is 13.2. The van der Waals surface area contributed by atoms with E-state index in [1.807, 2.05) is 0 Å². The number of unbranched alkanes of at least 4 members (excludes halogenated alkanes) is 1. The van der Waals surface area contributed by atoms with Crippen molar-refractivity contribution < 1.29 is 0 Å². The van der Waals surface area contributed by atoms with E-state index < -0.39 is 0 Å². The topological polar surface area (TPSA) is 0 Å². The van der Waals surface area contributed by atoms with Gasteiger partial charge in [-0.15, -0.1) is 0 Å². The number of rotatable bonds is 4. The number of fused-ring (bicyclic) bond motifs is 3. The molecule has 0 unspecified atom stereocenters. The molecule has 0 saturated heterocycles. The average molecular weight is 286 g/mol. The van der Waals surface area contributed by atoms with Crippen LogP contribution in [0.25, 0.3) is 11.1 Å². The van der Waals surface area contributed by atoms with Crippen molar-refractivity contribution in [3.05, 3.63) is 83.5 Å². The van der Waals surface area contributed by atoms with Crippen LogP contribution in [-0.4, -0.2) is 0 Å². The molecule has 0 aliphatic heterocycles. The first-order chi connectivity index (χ1) is 10.8. The Balaban J connectivity index is 1.85. The quantitative estimate of drug-likeness (QED) is 0.567. The van der Waals surface area contributed by atoms with Gasteiger partial charge in [-0.1, -0.05) is 86.5 Å². The molecule has 0 spiro atoms. The predicted molar refractivity (Wildman–Crippen MR) is 94.2 cm³/mol. The summed E-state index contributed by atoms with van der Waals surface area (Å²) < 4.78 is 0. The Morgan fingerprint density at radius 1 is 0.909 bits per heavy atom. The lowest BCUT2D eigenvalue weighted by atomic mass is 9.75. The molecule has 2 aliphatic rings.